The van der Waals surface area contributed by atoms with Crippen molar-refractivity contribution in [1.82, 2.24) is 0 Å². The molecule has 7 heteroatoms. The Morgan fingerprint density at radius 2 is 0.714 bits per heavy atom. The zero-order valence-electron chi connectivity index (χ0n) is 2.95. The van der Waals surface area contributed by atoms with Crippen molar-refractivity contribution in [2.24, 2.45) is 0 Å². The Balaban J connectivity index is -0.0000000400. The van der Waals surface area contributed by atoms with E-state index in [-0.39, 0.29) is 31.1 Å². The van der Waals surface area contributed by atoms with E-state index in [1.807, 2.05) is 0 Å². The van der Waals surface area contributed by atoms with Gasteiger partial charge in [0.2, 0.25) is 0 Å². The molecule has 0 heterocycles. The monoisotopic (exact) mass is 366 g/mol. The van der Waals surface area contributed by atoms with Crippen LogP contribution in [-0.4, -0.2) is 0 Å². The van der Waals surface area contributed by atoms with E-state index >= 15 is 0 Å². The summed E-state index contributed by atoms with van der Waals surface area (Å²) >= 11 is -1.50. The Morgan fingerprint density at radius 1 is 0.714 bits per heavy atom. The van der Waals surface area contributed by atoms with E-state index in [9.17, 15) is 0 Å². The summed E-state index contributed by atoms with van der Waals surface area (Å²) in [6.45, 7) is 0. The summed E-state index contributed by atoms with van der Waals surface area (Å²) in [5, 5.41) is 0. The molecule has 0 bridgehead atoms. The molecule has 0 fully saturated rings. The molecule has 0 aliphatic carbocycles. The quantitative estimate of drug-likeness (QED) is 0.581. The first-order valence-electron chi connectivity index (χ1n) is 0.667. The van der Waals surface area contributed by atoms with Gasteiger partial charge in [0.05, 0.1) is 0 Å². The molecular weight excluding hydrogens is 366 g/mol. The van der Waals surface area contributed by atoms with Gasteiger partial charge in [-0.05, 0) is 0 Å². The van der Waals surface area contributed by atoms with E-state index in [1.54, 1.807) is 0 Å². The van der Waals surface area contributed by atoms with Crippen LogP contribution in [0.5, 0.6) is 0 Å². The number of rotatable bonds is 0. The van der Waals surface area contributed by atoms with Gasteiger partial charge in [0, 0.05) is 0 Å². The third-order valence-electron chi connectivity index (χ3n) is 0. The fraction of sp³-hybridized carbons (Fsp3) is 0. The van der Waals surface area contributed by atoms with Gasteiger partial charge < -0.3 is 40.0 Å². The van der Waals surface area contributed by atoms with Gasteiger partial charge in [-0.3, -0.25) is 0 Å². The molecule has 0 atom stereocenters. The van der Waals surface area contributed by atoms with Crippen LogP contribution in [0, 0.1) is 31.1 Å². The average molecular weight is 366 g/mol. The first kappa shape index (κ1) is 15.7. The molecule has 0 amide bonds. The fourth-order valence-corrected chi connectivity index (χ4v) is 0. The second-order valence-corrected chi connectivity index (χ2v) is 0.408. The molecular formula is O4S2U. The third-order valence-corrected chi connectivity index (χ3v) is 0. The van der Waals surface area contributed by atoms with Gasteiger partial charge >= 0.3 is 31.1 Å². The first-order valence-corrected chi connectivity index (χ1v) is 2.00. The predicted octanol–water partition coefficient (Wildman–Crippen LogP) is -0.480. The SMILES string of the molecule is O=[S-2]=O.O=[S-2]=O.[U+4]. The van der Waals surface area contributed by atoms with Crippen molar-refractivity contribution in [2.45, 2.75) is 0 Å². The Morgan fingerprint density at radius 3 is 0.714 bits per heavy atom. The molecule has 4 nitrogen and oxygen atoms in total. The van der Waals surface area contributed by atoms with Crippen LogP contribution in [0.3, 0.4) is 0 Å². The molecule has 0 N–H and O–H groups in total. The van der Waals surface area contributed by atoms with Gasteiger partial charge in [-0.25, -0.2) is 0 Å². The molecule has 0 saturated heterocycles. The molecule has 7 heavy (non-hydrogen) atoms. The second-order valence-electron chi connectivity index (χ2n) is 0.136. The van der Waals surface area contributed by atoms with Crippen molar-refractivity contribution in [3.8, 4) is 0 Å². The van der Waals surface area contributed by atoms with E-state index in [4.69, 9.17) is 16.8 Å². The zero-order valence-corrected chi connectivity index (χ0v) is 8.75. The molecule has 40 valence electrons. The van der Waals surface area contributed by atoms with E-state index < -0.39 is 23.1 Å². The molecule has 0 unspecified atom stereocenters. The van der Waals surface area contributed by atoms with Crippen LogP contribution in [-0.2, 0) is 40.0 Å². The summed E-state index contributed by atoms with van der Waals surface area (Å²) in [5.41, 5.74) is 0. The third kappa shape index (κ3) is 188. The van der Waals surface area contributed by atoms with Gasteiger partial charge in [-0.2, -0.15) is 0 Å². The van der Waals surface area contributed by atoms with Crippen molar-refractivity contribution in [3.63, 3.8) is 0 Å². The van der Waals surface area contributed by atoms with Crippen LogP contribution >= 0.6 is 0 Å². The summed E-state index contributed by atoms with van der Waals surface area (Å²) in [5.74, 6) is 0. The zero-order chi connectivity index (χ0) is 5.41. The minimum Gasteiger partial charge on any atom is -0.715 e. The summed E-state index contributed by atoms with van der Waals surface area (Å²) in [7, 11) is 0. The van der Waals surface area contributed by atoms with Crippen molar-refractivity contribution in [1.29, 1.82) is 0 Å². The maximum absolute atomic E-state index is 8.29. The van der Waals surface area contributed by atoms with Crippen LogP contribution in [0.4, 0.5) is 0 Å². The van der Waals surface area contributed by atoms with E-state index in [2.05, 4.69) is 0 Å². The minimum absolute atomic E-state index is 0. The van der Waals surface area contributed by atoms with Gasteiger partial charge in [0.15, 0.2) is 0 Å². The Kier molecular flexibility index (Phi) is 63.3. The van der Waals surface area contributed by atoms with Crippen molar-refractivity contribution < 1.29 is 47.9 Å². The smallest absolute Gasteiger partial charge is 0.715 e. The van der Waals surface area contributed by atoms with Crippen molar-refractivity contribution in [3.05, 3.63) is 0 Å². The Bertz CT molecular complexity index is 63.7. The Labute approximate surface area is 70.6 Å². The molecule has 0 rings (SSSR count). The summed E-state index contributed by atoms with van der Waals surface area (Å²) in [6.07, 6.45) is 0. The standard InChI is InChI=1S/2O2S.U/c2*1-3-2;/q2*-2;+4. The molecule has 0 spiro atoms. The van der Waals surface area contributed by atoms with E-state index in [1.165, 1.54) is 0 Å². The van der Waals surface area contributed by atoms with Crippen molar-refractivity contribution in [2.75, 3.05) is 0 Å². The maximum atomic E-state index is 8.29. The largest absolute Gasteiger partial charge is 4.00 e. The predicted molar refractivity (Wildman–Crippen MR) is 17.5 cm³/mol. The van der Waals surface area contributed by atoms with Crippen LogP contribution in [0.1, 0.15) is 0 Å². The van der Waals surface area contributed by atoms with Gasteiger partial charge in [-0.15, -0.1) is 0 Å². The molecule has 0 saturated carbocycles. The van der Waals surface area contributed by atoms with Gasteiger partial charge in [-0.1, -0.05) is 0 Å². The molecule has 0 aromatic heterocycles. The minimum atomic E-state index is -0.750. The van der Waals surface area contributed by atoms with Gasteiger partial charge in [0.25, 0.3) is 0 Å². The summed E-state index contributed by atoms with van der Waals surface area (Å²) in [4.78, 5) is 0. The van der Waals surface area contributed by atoms with Crippen molar-refractivity contribution >= 4 is 23.1 Å². The van der Waals surface area contributed by atoms with Crippen LogP contribution in [0.2, 0.25) is 0 Å². The molecule has 0 aromatic carbocycles. The molecule has 0 aliphatic heterocycles. The number of hydrogen-bond donors (Lipinski definition) is 0. The van der Waals surface area contributed by atoms with E-state index in [0.717, 1.165) is 0 Å². The summed E-state index contributed by atoms with van der Waals surface area (Å²) in [6, 6.07) is 0. The molecule has 0 aromatic rings. The normalized spacial score (nSPS) is 4.57. The molecule has 0 radical (unpaired) electrons. The first-order chi connectivity index (χ1) is 2.83. The fourth-order valence-electron chi connectivity index (χ4n) is 0. The van der Waals surface area contributed by atoms with E-state index in [0.29, 0.717) is 0 Å². The van der Waals surface area contributed by atoms with Gasteiger partial charge in [0.1, 0.15) is 0 Å². The maximum Gasteiger partial charge on any atom is 4.00 e. The molecule has 0 aliphatic rings. The Hall–Kier alpha value is 0.952. The van der Waals surface area contributed by atoms with Crippen LogP contribution in [0.25, 0.3) is 0 Å². The average Bonchev–Trinajstić information content (AvgIpc) is 1.39. The van der Waals surface area contributed by atoms with Crippen LogP contribution in [0.15, 0.2) is 0 Å². The topological polar surface area (TPSA) is 68.3 Å². The van der Waals surface area contributed by atoms with Crippen LogP contribution < -0.4 is 0 Å². The second kappa shape index (κ2) is 28.3. The summed E-state index contributed by atoms with van der Waals surface area (Å²) < 4.78 is 33.2. The number of hydrogen-bond acceptors (Lipinski definition) is 4.